The second-order valence-corrected chi connectivity index (χ2v) is 4.93. The minimum atomic E-state index is -0.135. The van der Waals surface area contributed by atoms with Crippen molar-refractivity contribution in [2.75, 3.05) is 20.8 Å². The maximum Gasteiger partial charge on any atom is 0.200 e. The normalized spacial score (nSPS) is 10.6. The second kappa shape index (κ2) is 8.06. The first kappa shape index (κ1) is 17.4. The average Bonchev–Trinajstić information content (AvgIpc) is 2.61. The Morgan fingerprint density at radius 3 is 2.17 bits per heavy atom. The summed E-state index contributed by atoms with van der Waals surface area (Å²) in [6, 6.07) is 10.2. The molecule has 0 aliphatic rings. The maximum absolute atomic E-state index is 12.2. The van der Waals surface area contributed by atoms with Crippen molar-refractivity contribution in [3.8, 4) is 23.0 Å². The Balaban J connectivity index is 2.19. The lowest BCUT2D eigenvalue weighted by atomic mass is 10.1. The van der Waals surface area contributed by atoms with Gasteiger partial charge in [0.25, 0.3) is 0 Å². The SMILES string of the molecule is CCOc1ccc(C(=O)/C=C/c2cc(OC)c(O)c(OC)c2)cc1. The first-order valence-electron chi connectivity index (χ1n) is 7.49. The molecule has 0 heterocycles. The smallest absolute Gasteiger partial charge is 0.200 e. The zero-order valence-corrected chi connectivity index (χ0v) is 13.9. The number of carbonyl (C=O) groups is 1. The van der Waals surface area contributed by atoms with E-state index >= 15 is 0 Å². The zero-order valence-electron chi connectivity index (χ0n) is 13.9. The lowest BCUT2D eigenvalue weighted by Crippen LogP contribution is -1.96. The Kier molecular flexibility index (Phi) is 5.84. The van der Waals surface area contributed by atoms with Crippen molar-refractivity contribution in [1.82, 2.24) is 0 Å². The fourth-order valence-electron chi connectivity index (χ4n) is 2.16. The molecule has 2 aromatic carbocycles. The summed E-state index contributed by atoms with van der Waals surface area (Å²) in [4.78, 5) is 12.2. The number of methoxy groups -OCH3 is 2. The standard InChI is InChI=1S/C19H20O5/c1-4-24-15-8-6-14(7-9-15)16(20)10-5-13-11-17(22-2)19(21)18(12-13)23-3/h5-12,21H,4H2,1-3H3/b10-5+. The summed E-state index contributed by atoms with van der Waals surface area (Å²) in [6.07, 6.45) is 3.10. The van der Waals surface area contributed by atoms with Gasteiger partial charge in [-0.3, -0.25) is 4.79 Å². The van der Waals surface area contributed by atoms with Crippen LogP contribution < -0.4 is 14.2 Å². The molecule has 5 nitrogen and oxygen atoms in total. The van der Waals surface area contributed by atoms with Gasteiger partial charge in [0, 0.05) is 5.56 Å². The van der Waals surface area contributed by atoms with E-state index in [1.165, 1.54) is 20.3 Å². The largest absolute Gasteiger partial charge is 0.502 e. The summed E-state index contributed by atoms with van der Waals surface area (Å²) in [5.41, 5.74) is 1.24. The summed E-state index contributed by atoms with van der Waals surface area (Å²) in [6.45, 7) is 2.49. The predicted molar refractivity (Wildman–Crippen MR) is 92.2 cm³/mol. The molecule has 1 N–H and O–H groups in total. The first-order chi connectivity index (χ1) is 11.6. The summed E-state index contributed by atoms with van der Waals surface area (Å²) in [7, 11) is 2.90. The van der Waals surface area contributed by atoms with Crippen molar-refractivity contribution in [3.05, 3.63) is 53.6 Å². The molecule has 0 amide bonds. The number of allylic oxidation sites excluding steroid dienone is 1. The Labute approximate surface area is 141 Å². The molecule has 0 saturated carbocycles. The van der Waals surface area contributed by atoms with Gasteiger partial charge in [-0.05, 0) is 55.0 Å². The van der Waals surface area contributed by atoms with Crippen LogP contribution in [0.15, 0.2) is 42.5 Å². The monoisotopic (exact) mass is 328 g/mol. The van der Waals surface area contributed by atoms with Crippen LogP contribution in [0.2, 0.25) is 0 Å². The molecule has 0 atom stereocenters. The fourth-order valence-corrected chi connectivity index (χ4v) is 2.16. The fraction of sp³-hybridized carbons (Fsp3) is 0.211. The highest BCUT2D eigenvalue weighted by atomic mass is 16.5. The predicted octanol–water partition coefficient (Wildman–Crippen LogP) is 3.70. The van der Waals surface area contributed by atoms with Crippen molar-refractivity contribution in [3.63, 3.8) is 0 Å². The molecule has 2 rings (SSSR count). The highest BCUT2D eigenvalue weighted by Gasteiger charge is 2.10. The maximum atomic E-state index is 12.2. The van der Waals surface area contributed by atoms with Crippen LogP contribution in [0, 0.1) is 0 Å². The first-order valence-corrected chi connectivity index (χ1v) is 7.49. The second-order valence-electron chi connectivity index (χ2n) is 4.93. The van der Waals surface area contributed by atoms with E-state index in [9.17, 15) is 9.90 Å². The Bertz CT molecular complexity index is 707. The van der Waals surface area contributed by atoms with Gasteiger partial charge in [-0.25, -0.2) is 0 Å². The third kappa shape index (κ3) is 4.07. The van der Waals surface area contributed by atoms with Gasteiger partial charge in [0.2, 0.25) is 5.75 Å². The minimum absolute atomic E-state index is 0.0741. The third-order valence-electron chi connectivity index (χ3n) is 3.38. The van der Waals surface area contributed by atoms with Crippen LogP contribution in [0.25, 0.3) is 6.08 Å². The van der Waals surface area contributed by atoms with Gasteiger partial charge in [-0.15, -0.1) is 0 Å². The van der Waals surface area contributed by atoms with E-state index in [0.29, 0.717) is 17.7 Å². The number of rotatable bonds is 7. The molecule has 0 radical (unpaired) electrons. The van der Waals surface area contributed by atoms with Gasteiger partial charge in [0.15, 0.2) is 17.3 Å². The van der Waals surface area contributed by atoms with Crippen molar-refractivity contribution in [2.45, 2.75) is 6.92 Å². The van der Waals surface area contributed by atoms with E-state index in [0.717, 1.165) is 5.75 Å². The van der Waals surface area contributed by atoms with Gasteiger partial charge >= 0.3 is 0 Å². The number of aromatic hydroxyl groups is 1. The van der Waals surface area contributed by atoms with Gasteiger partial charge in [0.1, 0.15) is 5.75 Å². The Morgan fingerprint density at radius 1 is 1.08 bits per heavy atom. The van der Waals surface area contributed by atoms with E-state index < -0.39 is 0 Å². The molecule has 0 unspecified atom stereocenters. The Hall–Kier alpha value is -2.95. The molecule has 0 aliphatic carbocycles. The van der Waals surface area contributed by atoms with E-state index in [1.807, 2.05) is 6.92 Å². The number of carbonyl (C=O) groups excluding carboxylic acids is 1. The third-order valence-corrected chi connectivity index (χ3v) is 3.38. The number of phenols is 1. The van der Waals surface area contributed by atoms with Crippen LogP contribution in [-0.2, 0) is 0 Å². The van der Waals surface area contributed by atoms with Gasteiger partial charge in [-0.1, -0.05) is 6.08 Å². The number of ether oxygens (including phenoxy) is 3. The lowest BCUT2D eigenvalue weighted by molar-refractivity contribution is 0.104. The molecule has 0 aliphatic heterocycles. The van der Waals surface area contributed by atoms with E-state index in [4.69, 9.17) is 14.2 Å². The summed E-state index contributed by atoms with van der Waals surface area (Å²) in [5, 5.41) is 9.89. The molecule has 0 saturated heterocycles. The van der Waals surface area contributed by atoms with Gasteiger partial charge in [-0.2, -0.15) is 0 Å². The Morgan fingerprint density at radius 2 is 1.67 bits per heavy atom. The van der Waals surface area contributed by atoms with Crippen LogP contribution in [0.1, 0.15) is 22.8 Å². The molecule has 2 aromatic rings. The van der Waals surface area contributed by atoms with Crippen molar-refractivity contribution in [2.24, 2.45) is 0 Å². The van der Waals surface area contributed by atoms with Gasteiger partial charge < -0.3 is 19.3 Å². The quantitative estimate of drug-likeness (QED) is 0.620. The number of hydrogen-bond donors (Lipinski definition) is 1. The van der Waals surface area contributed by atoms with Crippen LogP contribution in [0.4, 0.5) is 0 Å². The number of ketones is 1. The molecule has 0 aromatic heterocycles. The number of phenolic OH excluding ortho intramolecular Hbond substituents is 1. The summed E-state index contributed by atoms with van der Waals surface area (Å²) in [5.74, 6) is 1.08. The van der Waals surface area contributed by atoms with E-state index in [1.54, 1.807) is 42.5 Å². The molecule has 24 heavy (non-hydrogen) atoms. The highest BCUT2D eigenvalue weighted by Crippen LogP contribution is 2.37. The van der Waals surface area contributed by atoms with Crippen LogP contribution in [0.3, 0.4) is 0 Å². The van der Waals surface area contributed by atoms with Crippen molar-refractivity contribution < 1.29 is 24.1 Å². The number of hydrogen-bond acceptors (Lipinski definition) is 5. The average molecular weight is 328 g/mol. The lowest BCUT2D eigenvalue weighted by Gasteiger charge is -2.09. The van der Waals surface area contributed by atoms with Crippen LogP contribution >= 0.6 is 0 Å². The number of benzene rings is 2. The molecule has 5 heteroatoms. The van der Waals surface area contributed by atoms with E-state index in [-0.39, 0.29) is 23.0 Å². The minimum Gasteiger partial charge on any atom is -0.502 e. The molecular weight excluding hydrogens is 308 g/mol. The highest BCUT2D eigenvalue weighted by molar-refractivity contribution is 6.06. The molecule has 0 bridgehead atoms. The molecule has 126 valence electrons. The summed E-state index contributed by atoms with van der Waals surface area (Å²) < 4.78 is 15.5. The summed E-state index contributed by atoms with van der Waals surface area (Å²) >= 11 is 0. The zero-order chi connectivity index (χ0) is 17.5. The van der Waals surface area contributed by atoms with Crippen molar-refractivity contribution in [1.29, 1.82) is 0 Å². The van der Waals surface area contributed by atoms with Crippen molar-refractivity contribution >= 4 is 11.9 Å². The molecular formula is C19H20O5. The topological polar surface area (TPSA) is 65.0 Å². The van der Waals surface area contributed by atoms with Crippen LogP contribution in [0.5, 0.6) is 23.0 Å². The molecule has 0 spiro atoms. The van der Waals surface area contributed by atoms with Gasteiger partial charge in [0.05, 0.1) is 20.8 Å². The van der Waals surface area contributed by atoms with E-state index in [2.05, 4.69) is 0 Å². The van der Waals surface area contributed by atoms with Crippen LogP contribution in [-0.4, -0.2) is 31.7 Å². The molecule has 0 fully saturated rings.